The van der Waals surface area contributed by atoms with Crippen molar-refractivity contribution in [1.29, 1.82) is 5.26 Å². The Balaban J connectivity index is 0.000000313. The van der Waals surface area contributed by atoms with Gasteiger partial charge in [0.15, 0.2) is 0 Å². The first kappa shape index (κ1) is 18.7. The largest absolute Gasteiger partial charge is 0.192 e. The number of hydrogen-bond acceptors (Lipinski definition) is 3. The second-order valence-corrected chi connectivity index (χ2v) is 5.20. The van der Waals surface area contributed by atoms with Gasteiger partial charge in [0.1, 0.15) is 21.1 Å². The molecule has 2 saturated carbocycles. The van der Waals surface area contributed by atoms with Gasteiger partial charge >= 0.3 is 0 Å². The first-order valence-electron chi connectivity index (χ1n) is 5.77. The molecule has 10 radical (unpaired) electrons. The first-order chi connectivity index (χ1) is 9.81. The zero-order valence-electron chi connectivity index (χ0n) is 10.7. The first-order valence-corrected chi connectivity index (χ1v) is 7.33. The number of halogens is 1. The Labute approximate surface area is 150 Å². The van der Waals surface area contributed by atoms with Gasteiger partial charge in [0.05, 0.1) is 5.92 Å². The van der Waals surface area contributed by atoms with E-state index < -0.39 is 0 Å². The summed E-state index contributed by atoms with van der Waals surface area (Å²) >= 11 is 4.43. The fourth-order valence-corrected chi connectivity index (χ4v) is 2.59. The van der Waals surface area contributed by atoms with Crippen LogP contribution in [0.15, 0.2) is 4.60 Å². The molecule has 1 heterocycles. The molecule has 0 unspecified atom stereocenters. The topological polar surface area (TPSA) is 36.7 Å². The summed E-state index contributed by atoms with van der Waals surface area (Å²) in [6.07, 6.45) is 17.7. The zero-order chi connectivity index (χ0) is 14.2. The standard InChI is InChI=1S/C11H4BrN2S.C5H5.Fe/c12-11-9(7-13)10(15-14-11)6-5-8-3-1-2-4-8;1-2-4-5-3-1;/h1-4H;1-5H;. The van der Waals surface area contributed by atoms with Gasteiger partial charge in [-0.05, 0) is 85.2 Å². The third kappa shape index (κ3) is 6.13. The van der Waals surface area contributed by atoms with Crippen LogP contribution in [0.5, 0.6) is 0 Å². The quantitative estimate of drug-likeness (QED) is 0.496. The van der Waals surface area contributed by atoms with Gasteiger partial charge in [-0.2, -0.15) is 9.64 Å². The molecule has 0 N–H and O–H groups in total. The average molecular weight is 397 g/mol. The van der Waals surface area contributed by atoms with Gasteiger partial charge < -0.3 is 0 Å². The molecule has 0 bridgehead atoms. The van der Waals surface area contributed by atoms with E-state index in [0.717, 1.165) is 5.92 Å². The number of hydrogen-bond donors (Lipinski definition) is 0. The van der Waals surface area contributed by atoms with E-state index in [2.05, 4.69) is 38.2 Å². The fraction of sp³-hybridized carbons (Fsp3) is 0. The smallest absolute Gasteiger partial charge is 0.139 e. The van der Waals surface area contributed by atoms with Crippen molar-refractivity contribution in [2.24, 2.45) is 0 Å². The molecule has 1 aromatic heterocycles. The fourth-order valence-electron chi connectivity index (χ4n) is 1.36. The maximum atomic E-state index is 8.86. The molecule has 104 valence electrons. The van der Waals surface area contributed by atoms with E-state index in [9.17, 15) is 0 Å². The molecule has 1 aromatic rings. The van der Waals surface area contributed by atoms with Gasteiger partial charge in [-0.3, -0.25) is 0 Å². The van der Waals surface area contributed by atoms with Crippen LogP contribution in [0.3, 0.4) is 0 Å². The predicted molar refractivity (Wildman–Crippen MR) is 83.4 cm³/mol. The predicted octanol–water partition coefficient (Wildman–Crippen LogP) is 3.55. The molecule has 2 fully saturated rings. The molecule has 0 saturated heterocycles. The SMILES string of the molecule is N#Cc1c(Br)nsc1C#C[C]1[CH][CH][CH][CH]1.[CH]1[CH][CH][CH][CH]1.[Fe]. The van der Waals surface area contributed by atoms with Crippen molar-refractivity contribution < 1.29 is 17.1 Å². The normalized spacial score (nSPS) is 17.0. The Kier molecular flexibility index (Phi) is 9.29. The number of nitrogens with zero attached hydrogens (tertiary/aromatic N) is 2. The summed E-state index contributed by atoms with van der Waals surface area (Å²) < 4.78 is 4.59. The summed E-state index contributed by atoms with van der Waals surface area (Å²) in [5, 5.41) is 8.86. The summed E-state index contributed by atoms with van der Waals surface area (Å²) in [7, 11) is 0. The van der Waals surface area contributed by atoms with Crippen LogP contribution in [0.4, 0.5) is 0 Å². The molecule has 0 aromatic carbocycles. The van der Waals surface area contributed by atoms with E-state index in [1.165, 1.54) is 11.5 Å². The monoisotopic (exact) mass is 396 g/mol. The molecule has 0 aliphatic heterocycles. The van der Waals surface area contributed by atoms with Crippen molar-refractivity contribution in [3.05, 3.63) is 78.7 Å². The van der Waals surface area contributed by atoms with Crippen molar-refractivity contribution in [2.45, 2.75) is 0 Å². The molecule has 21 heavy (non-hydrogen) atoms. The molecular formula is C16H9BrFeN2S. The van der Waals surface area contributed by atoms with Crippen molar-refractivity contribution in [1.82, 2.24) is 4.37 Å². The van der Waals surface area contributed by atoms with Gasteiger partial charge in [-0.25, -0.2) is 0 Å². The van der Waals surface area contributed by atoms with Crippen LogP contribution in [0.25, 0.3) is 0 Å². The third-order valence-corrected chi connectivity index (χ3v) is 3.87. The Morgan fingerprint density at radius 3 is 2.05 bits per heavy atom. The Hall–Kier alpha value is -0.321. The Bertz CT molecular complexity index is 521. The van der Waals surface area contributed by atoms with Crippen LogP contribution in [0, 0.1) is 86.9 Å². The number of rotatable bonds is 0. The Morgan fingerprint density at radius 2 is 1.52 bits per heavy atom. The van der Waals surface area contributed by atoms with Crippen LogP contribution in [0.2, 0.25) is 0 Å². The second kappa shape index (κ2) is 10.4. The molecular weight excluding hydrogens is 388 g/mol. The van der Waals surface area contributed by atoms with E-state index in [0.29, 0.717) is 15.0 Å². The van der Waals surface area contributed by atoms with Crippen molar-refractivity contribution in [3.8, 4) is 17.9 Å². The summed E-state index contributed by atoms with van der Waals surface area (Å²) in [6.45, 7) is 0. The molecule has 5 heteroatoms. The van der Waals surface area contributed by atoms with Gasteiger partial charge in [0.25, 0.3) is 0 Å². The molecule has 2 nitrogen and oxygen atoms in total. The van der Waals surface area contributed by atoms with Gasteiger partial charge in [0.2, 0.25) is 0 Å². The van der Waals surface area contributed by atoms with E-state index in [1.807, 2.05) is 57.8 Å². The van der Waals surface area contributed by atoms with E-state index in [-0.39, 0.29) is 17.1 Å². The zero-order valence-corrected chi connectivity index (χ0v) is 14.2. The van der Waals surface area contributed by atoms with Crippen LogP contribution in [0.1, 0.15) is 10.4 Å². The number of nitriles is 1. The van der Waals surface area contributed by atoms with E-state index in [4.69, 9.17) is 5.26 Å². The molecule has 2 aliphatic rings. The maximum absolute atomic E-state index is 8.86. The van der Waals surface area contributed by atoms with Crippen LogP contribution in [-0.2, 0) is 17.1 Å². The maximum Gasteiger partial charge on any atom is 0.139 e. The second-order valence-electron chi connectivity index (χ2n) is 3.68. The molecule has 0 spiro atoms. The van der Waals surface area contributed by atoms with Crippen LogP contribution < -0.4 is 0 Å². The molecule has 3 rings (SSSR count). The van der Waals surface area contributed by atoms with Crippen molar-refractivity contribution in [2.75, 3.05) is 0 Å². The minimum atomic E-state index is 0. The summed E-state index contributed by atoms with van der Waals surface area (Å²) in [5.74, 6) is 6.87. The van der Waals surface area contributed by atoms with Gasteiger partial charge in [-0.1, -0.05) is 11.8 Å². The van der Waals surface area contributed by atoms with Gasteiger partial charge in [-0.15, -0.1) is 0 Å². The summed E-state index contributed by atoms with van der Waals surface area (Å²) in [5.41, 5.74) is 0.513. The summed E-state index contributed by atoms with van der Waals surface area (Å²) in [4.78, 5) is 0.700. The summed E-state index contributed by atoms with van der Waals surface area (Å²) in [6, 6.07) is 2.07. The van der Waals surface area contributed by atoms with E-state index in [1.54, 1.807) is 0 Å². The number of aromatic nitrogens is 1. The molecule has 0 atom stereocenters. The van der Waals surface area contributed by atoms with Crippen LogP contribution in [-0.4, -0.2) is 4.37 Å². The van der Waals surface area contributed by atoms with Gasteiger partial charge in [0, 0.05) is 17.1 Å². The average Bonchev–Trinajstić information content (AvgIpc) is 3.21. The van der Waals surface area contributed by atoms with Crippen molar-refractivity contribution >= 4 is 27.5 Å². The minimum Gasteiger partial charge on any atom is -0.192 e. The molecule has 2 aliphatic carbocycles. The minimum absolute atomic E-state index is 0. The van der Waals surface area contributed by atoms with E-state index >= 15 is 0 Å². The van der Waals surface area contributed by atoms with Crippen molar-refractivity contribution in [3.63, 3.8) is 0 Å². The molecule has 0 amide bonds. The third-order valence-electron chi connectivity index (χ3n) is 2.30. The Morgan fingerprint density at radius 1 is 0.952 bits per heavy atom. The van der Waals surface area contributed by atoms with Crippen LogP contribution >= 0.6 is 27.5 Å².